The van der Waals surface area contributed by atoms with Crippen LogP contribution in [-0.4, -0.2) is 47.7 Å². The lowest BCUT2D eigenvalue weighted by atomic mass is 10.1. The van der Waals surface area contributed by atoms with Crippen LogP contribution in [-0.2, 0) is 4.79 Å². The number of carbonyl (C=O) groups is 2. The molecule has 3 rings (SSSR count). The molecular formula is C21H22FN3O4. The molecule has 0 aliphatic carbocycles. The molecule has 152 valence electrons. The van der Waals surface area contributed by atoms with E-state index in [4.69, 9.17) is 0 Å². The van der Waals surface area contributed by atoms with Gasteiger partial charge in [0.1, 0.15) is 5.82 Å². The number of nitrogens with zero attached hydrogens (tertiary/aromatic N) is 3. The van der Waals surface area contributed by atoms with Crippen LogP contribution in [0.15, 0.2) is 48.5 Å². The number of Topliss-reactive ketones (excluding diaryl/α,β-unsaturated/α-hetero) is 1. The van der Waals surface area contributed by atoms with E-state index in [1.165, 1.54) is 36.4 Å². The molecule has 1 aliphatic rings. The van der Waals surface area contributed by atoms with Gasteiger partial charge < -0.3 is 9.80 Å². The minimum absolute atomic E-state index is 0.0141. The molecule has 8 heteroatoms. The highest BCUT2D eigenvalue weighted by Gasteiger charge is 2.21. The highest BCUT2D eigenvalue weighted by molar-refractivity contribution is 5.96. The summed E-state index contributed by atoms with van der Waals surface area (Å²) in [5.74, 6) is -0.467. The summed E-state index contributed by atoms with van der Waals surface area (Å²) in [6.45, 7) is 2.44. The van der Waals surface area contributed by atoms with Gasteiger partial charge in [-0.25, -0.2) is 4.39 Å². The minimum Gasteiger partial charge on any atom is -0.368 e. The Labute approximate surface area is 167 Å². The number of hydrogen-bond acceptors (Lipinski definition) is 5. The molecule has 2 aromatic carbocycles. The normalized spacial score (nSPS) is 14.0. The van der Waals surface area contributed by atoms with Gasteiger partial charge in [0.25, 0.3) is 5.69 Å². The zero-order valence-corrected chi connectivity index (χ0v) is 15.9. The third kappa shape index (κ3) is 5.37. The molecule has 0 bridgehead atoms. The number of carbonyl (C=O) groups excluding carboxylic acids is 2. The van der Waals surface area contributed by atoms with Crippen molar-refractivity contribution in [2.45, 2.75) is 19.3 Å². The summed E-state index contributed by atoms with van der Waals surface area (Å²) >= 11 is 0. The summed E-state index contributed by atoms with van der Waals surface area (Å²) < 4.78 is 12.9. The molecule has 2 aromatic rings. The Balaban J connectivity index is 1.42. The van der Waals surface area contributed by atoms with Crippen LogP contribution in [0.5, 0.6) is 0 Å². The number of amides is 1. The molecule has 0 atom stereocenters. The van der Waals surface area contributed by atoms with Gasteiger partial charge in [0, 0.05) is 62.4 Å². The zero-order valence-electron chi connectivity index (χ0n) is 15.9. The molecular weight excluding hydrogens is 377 g/mol. The number of halogens is 1. The third-order valence-electron chi connectivity index (χ3n) is 5.02. The van der Waals surface area contributed by atoms with Gasteiger partial charge in [-0.15, -0.1) is 0 Å². The van der Waals surface area contributed by atoms with Crippen LogP contribution in [0, 0.1) is 15.9 Å². The fourth-order valence-corrected chi connectivity index (χ4v) is 3.34. The first-order valence-electron chi connectivity index (χ1n) is 9.50. The number of non-ortho nitro benzene ring substituents is 1. The van der Waals surface area contributed by atoms with E-state index in [2.05, 4.69) is 4.90 Å². The summed E-state index contributed by atoms with van der Waals surface area (Å²) in [5, 5.41) is 10.7. The fourth-order valence-electron chi connectivity index (χ4n) is 3.34. The number of ketones is 1. The number of nitro benzene ring substituents is 1. The molecule has 1 saturated heterocycles. The maximum absolute atomic E-state index is 12.9. The van der Waals surface area contributed by atoms with Crippen molar-refractivity contribution in [1.82, 2.24) is 4.90 Å². The number of rotatable bonds is 7. The first-order chi connectivity index (χ1) is 13.9. The largest absolute Gasteiger partial charge is 0.368 e. The monoisotopic (exact) mass is 399 g/mol. The molecule has 0 aromatic heterocycles. The summed E-state index contributed by atoms with van der Waals surface area (Å²) in [6, 6.07) is 11.8. The van der Waals surface area contributed by atoms with E-state index < -0.39 is 4.92 Å². The van der Waals surface area contributed by atoms with Crippen molar-refractivity contribution in [3.63, 3.8) is 0 Å². The Bertz CT molecular complexity index is 876. The fraction of sp³-hybridized carbons (Fsp3) is 0.333. The maximum Gasteiger partial charge on any atom is 0.269 e. The molecule has 0 unspecified atom stereocenters. The Morgan fingerprint density at radius 1 is 0.931 bits per heavy atom. The Hall–Kier alpha value is -3.29. The predicted octanol–water partition coefficient (Wildman–Crippen LogP) is 3.44. The van der Waals surface area contributed by atoms with E-state index in [0.717, 1.165) is 5.69 Å². The zero-order chi connectivity index (χ0) is 20.8. The second-order valence-corrected chi connectivity index (χ2v) is 6.92. The molecule has 0 radical (unpaired) electrons. The molecule has 29 heavy (non-hydrogen) atoms. The van der Waals surface area contributed by atoms with E-state index in [1.54, 1.807) is 17.0 Å². The first-order valence-corrected chi connectivity index (χ1v) is 9.50. The second kappa shape index (κ2) is 9.27. The highest BCUT2D eigenvalue weighted by Crippen LogP contribution is 2.21. The third-order valence-corrected chi connectivity index (χ3v) is 5.02. The van der Waals surface area contributed by atoms with Gasteiger partial charge in [0.15, 0.2) is 5.78 Å². The number of benzene rings is 2. The van der Waals surface area contributed by atoms with Crippen LogP contribution in [0.25, 0.3) is 0 Å². The summed E-state index contributed by atoms with van der Waals surface area (Å²) in [5.41, 5.74) is 1.40. The minimum atomic E-state index is -0.429. The summed E-state index contributed by atoms with van der Waals surface area (Å²) in [7, 11) is 0. The van der Waals surface area contributed by atoms with Crippen molar-refractivity contribution in [2.24, 2.45) is 0 Å². The van der Waals surface area contributed by atoms with Gasteiger partial charge in [0.2, 0.25) is 5.91 Å². The highest BCUT2D eigenvalue weighted by atomic mass is 19.1. The SMILES string of the molecule is O=C(CCCC(=O)N1CCN(c2ccc([N+](=O)[O-])cc2)CC1)c1ccc(F)cc1. The van der Waals surface area contributed by atoms with Crippen molar-refractivity contribution in [1.29, 1.82) is 0 Å². The van der Waals surface area contributed by atoms with Gasteiger partial charge >= 0.3 is 0 Å². The molecule has 0 saturated carbocycles. The molecule has 1 fully saturated rings. The van der Waals surface area contributed by atoms with E-state index >= 15 is 0 Å². The maximum atomic E-state index is 12.9. The number of anilines is 1. The Morgan fingerprint density at radius 2 is 1.55 bits per heavy atom. The lowest BCUT2D eigenvalue weighted by Crippen LogP contribution is -2.48. The molecule has 0 spiro atoms. The Morgan fingerprint density at radius 3 is 2.14 bits per heavy atom. The van der Waals surface area contributed by atoms with Crippen LogP contribution in [0.1, 0.15) is 29.6 Å². The number of hydrogen-bond donors (Lipinski definition) is 0. The first kappa shape index (κ1) is 20.4. The van der Waals surface area contributed by atoms with Crippen LogP contribution >= 0.6 is 0 Å². The van der Waals surface area contributed by atoms with E-state index in [9.17, 15) is 24.1 Å². The lowest BCUT2D eigenvalue weighted by Gasteiger charge is -2.36. The van der Waals surface area contributed by atoms with Crippen molar-refractivity contribution < 1.29 is 18.9 Å². The van der Waals surface area contributed by atoms with E-state index in [0.29, 0.717) is 44.6 Å². The van der Waals surface area contributed by atoms with E-state index in [1.807, 2.05) is 0 Å². The average molecular weight is 399 g/mol. The van der Waals surface area contributed by atoms with Crippen LogP contribution < -0.4 is 4.90 Å². The smallest absolute Gasteiger partial charge is 0.269 e. The lowest BCUT2D eigenvalue weighted by molar-refractivity contribution is -0.384. The molecule has 1 heterocycles. The van der Waals surface area contributed by atoms with Crippen molar-refractivity contribution >= 4 is 23.1 Å². The Kier molecular flexibility index (Phi) is 6.54. The quantitative estimate of drug-likeness (QED) is 0.405. The topological polar surface area (TPSA) is 83.8 Å². The van der Waals surface area contributed by atoms with Crippen LogP contribution in [0.4, 0.5) is 15.8 Å². The van der Waals surface area contributed by atoms with Gasteiger partial charge in [-0.2, -0.15) is 0 Å². The predicted molar refractivity (Wildman–Crippen MR) is 106 cm³/mol. The molecule has 1 aliphatic heterocycles. The molecule has 1 amide bonds. The second-order valence-electron chi connectivity index (χ2n) is 6.92. The standard InChI is InChI=1S/C21H22FN3O4/c22-17-6-4-16(5-7-17)20(26)2-1-3-21(27)24-14-12-23(13-15-24)18-8-10-19(11-9-18)25(28)29/h4-11H,1-3,12-15H2. The summed E-state index contributed by atoms with van der Waals surface area (Å²) in [4.78, 5) is 38.7. The van der Waals surface area contributed by atoms with Gasteiger partial charge in [-0.3, -0.25) is 19.7 Å². The van der Waals surface area contributed by atoms with Crippen molar-refractivity contribution in [3.05, 3.63) is 70.0 Å². The number of piperazine rings is 1. The molecule has 0 N–H and O–H groups in total. The van der Waals surface area contributed by atoms with Gasteiger partial charge in [-0.05, 0) is 42.8 Å². The van der Waals surface area contributed by atoms with Crippen LogP contribution in [0.3, 0.4) is 0 Å². The number of nitro groups is 1. The van der Waals surface area contributed by atoms with Crippen LogP contribution in [0.2, 0.25) is 0 Å². The summed E-state index contributed by atoms with van der Waals surface area (Å²) in [6.07, 6.45) is 1.00. The van der Waals surface area contributed by atoms with Crippen molar-refractivity contribution in [3.8, 4) is 0 Å². The van der Waals surface area contributed by atoms with Crippen molar-refractivity contribution in [2.75, 3.05) is 31.1 Å². The van der Waals surface area contributed by atoms with Gasteiger partial charge in [-0.1, -0.05) is 0 Å². The molecule has 7 nitrogen and oxygen atoms in total. The van der Waals surface area contributed by atoms with E-state index in [-0.39, 0.29) is 29.6 Å². The average Bonchev–Trinajstić information content (AvgIpc) is 2.74. The van der Waals surface area contributed by atoms with Gasteiger partial charge in [0.05, 0.1) is 4.92 Å².